The van der Waals surface area contributed by atoms with Crippen molar-refractivity contribution >= 4 is 21.6 Å². The number of aromatic nitrogens is 2. The van der Waals surface area contributed by atoms with E-state index in [9.17, 15) is 4.79 Å². The van der Waals surface area contributed by atoms with Crippen LogP contribution in [0.15, 0.2) is 39.7 Å². The summed E-state index contributed by atoms with van der Waals surface area (Å²) >= 11 is 3.36. The molecule has 0 aliphatic heterocycles. The Labute approximate surface area is 127 Å². The molecular weight excluding hydrogens is 318 g/mol. The minimum absolute atomic E-state index is 0.0957. The fourth-order valence-electron chi connectivity index (χ4n) is 1.96. The number of anilines is 1. The van der Waals surface area contributed by atoms with Crippen LogP contribution in [0.1, 0.15) is 24.5 Å². The Morgan fingerprint density at radius 2 is 2.10 bits per heavy atom. The fourth-order valence-corrected chi connectivity index (χ4v) is 2.41. The molecule has 0 amide bonds. The lowest BCUT2D eigenvalue weighted by Crippen LogP contribution is -2.24. The summed E-state index contributed by atoms with van der Waals surface area (Å²) in [5.74, 6) is 0. The first-order valence-electron chi connectivity index (χ1n) is 6.67. The molecule has 0 unspecified atom stereocenters. The first kappa shape index (κ1) is 14.8. The predicted molar refractivity (Wildman–Crippen MR) is 85.0 cm³/mol. The summed E-state index contributed by atoms with van der Waals surface area (Å²) in [5.41, 5.74) is 3.06. The van der Waals surface area contributed by atoms with Gasteiger partial charge in [-0.25, -0.2) is 4.68 Å². The lowest BCUT2D eigenvalue weighted by molar-refractivity contribution is 0.566. The summed E-state index contributed by atoms with van der Waals surface area (Å²) < 4.78 is 2.01. The van der Waals surface area contributed by atoms with Gasteiger partial charge in [0.25, 0.3) is 5.56 Å². The van der Waals surface area contributed by atoms with Crippen LogP contribution in [0.3, 0.4) is 0 Å². The average Bonchev–Trinajstić information content (AvgIpc) is 2.45. The van der Waals surface area contributed by atoms with E-state index in [1.807, 2.05) is 19.1 Å². The Hall–Kier alpha value is -1.62. The van der Waals surface area contributed by atoms with Crippen molar-refractivity contribution in [3.05, 3.63) is 56.4 Å². The maximum Gasteiger partial charge on any atom is 0.283 e. The minimum atomic E-state index is -0.0957. The van der Waals surface area contributed by atoms with Crippen LogP contribution >= 0.6 is 15.9 Å². The Bertz CT molecular complexity index is 652. The second-order valence-electron chi connectivity index (χ2n) is 4.68. The molecule has 2 rings (SSSR count). The Balaban J connectivity index is 2.17. The standard InChI is InChI=1S/C15H18BrN3O/c1-3-8-19-15(20)14(16)13(10-18-19)17-9-12-7-5-4-6-11(12)2/h4-7,10,17H,3,8-9H2,1-2H3. The largest absolute Gasteiger partial charge is 0.379 e. The lowest BCUT2D eigenvalue weighted by Gasteiger charge is -2.11. The summed E-state index contributed by atoms with van der Waals surface area (Å²) in [6, 6.07) is 8.17. The molecule has 1 aromatic carbocycles. The smallest absolute Gasteiger partial charge is 0.283 e. The molecular formula is C15H18BrN3O. The molecule has 1 aromatic heterocycles. The van der Waals surface area contributed by atoms with Crippen molar-refractivity contribution in [1.29, 1.82) is 0 Å². The number of aryl methyl sites for hydroxylation is 2. The quantitative estimate of drug-likeness (QED) is 0.911. The number of benzene rings is 1. The summed E-state index contributed by atoms with van der Waals surface area (Å²) in [6.07, 6.45) is 2.58. The van der Waals surface area contributed by atoms with Gasteiger partial charge in [0, 0.05) is 13.1 Å². The van der Waals surface area contributed by atoms with Crippen molar-refractivity contribution in [3.8, 4) is 0 Å². The second-order valence-corrected chi connectivity index (χ2v) is 5.47. The maximum absolute atomic E-state index is 12.1. The van der Waals surface area contributed by atoms with Gasteiger partial charge in [-0.15, -0.1) is 0 Å². The lowest BCUT2D eigenvalue weighted by atomic mass is 10.1. The van der Waals surface area contributed by atoms with Crippen LogP contribution in [0.2, 0.25) is 0 Å². The van der Waals surface area contributed by atoms with Crippen molar-refractivity contribution < 1.29 is 0 Å². The summed E-state index contributed by atoms with van der Waals surface area (Å²) in [4.78, 5) is 12.1. The molecule has 0 radical (unpaired) electrons. The van der Waals surface area contributed by atoms with Gasteiger partial charge >= 0.3 is 0 Å². The molecule has 5 heteroatoms. The van der Waals surface area contributed by atoms with E-state index in [2.05, 4.69) is 45.4 Å². The Morgan fingerprint density at radius 3 is 2.80 bits per heavy atom. The van der Waals surface area contributed by atoms with Gasteiger partial charge in [0.05, 0.1) is 11.9 Å². The van der Waals surface area contributed by atoms with Gasteiger partial charge < -0.3 is 5.32 Å². The third-order valence-electron chi connectivity index (χ3n) is 3.15. The van der Waals surface area contributed by atoms with Crippen LogP contribution < -0.4 is 10.9 Å². The SMILES string of the molecule is CCCn1ncc(NCc2ccccc2C)c(Br)c1=O. The number of hydrogen-bond acceptors (Lipinski definition) is 3. The maximum atomic E-state index is 12.1. The average molecular weight is 336 g/mol. The molecule has 1 N–H and O–H groups in total. The Kier molecular flexibility index (Phi) is 4.95. The van der Waals surface area contributed by atoms with E-state index in [1.54, 1.807) is 6.20 Å². The highest BCUT2D eigenvalue weighted by molar-refractivity contribution is 9.10. The van der Waals surface area contributed by atoms with Gasteiger partial charge in [-0.05, 0) is 40.4 Å². The van der Waals surface area contributed by atoms with Gasteiger partial charge in [0.1, 0.15) is 4.47 Å². The van der Waals surface area contributed by atoms with Crippen molar-refractivity contribution in [2.24, 2.45) is 0 Å². The molecule has 4 nitrogen and oxygen atoms in total. The molecule has 0 aliphatic rings. The summed E-state index contributed by atoms with van der Waals surface area (Å²) in [5, 5.41) is 7.43. The number of hydrogen-bond donors (Lipinski definition) is 1. The zero-order valence-electron chi connectivity index (χ0n) is 11.7. The molecule has 0 spiro atoms. The molecule has 0 aliphatic carbocycles. The number of rotatable bonds is 5. The zero-order chi connectivity index (χ0) is 14.5. The monoisotopic (exact) mass is 335 g/mol. The normalized spacial score (nSPS) is 10.6. The van der Waals surface area contributed by atoms with Crippen LogP contribution in [0, 0.1) is 6.92 Å². The third-order valence-corrected chi connectivity index (χ3v) is 3.92. The van der Waals surface area contributed by atoms with Crippen LogP contribution in [0.25, 0.3) is 0 Å². The van der Waals surface area contributed by atoms with E-state index in [0.29, 0.717) is 17.6 Å². The molecule has 0 saturated carbocycles. The topological polar surface area (TPSA) is 46.9 Å². The first-order chi connectivity index (χ1) is 9.63. The predicted octanol–water partition coefficient (Wildman–Crippen LogP) is 3.34. The van der Waals surface area contributed by atoms with Crippen molar-refractivity contribution in [3.63, 3.8) is 0 Å². The highest BCUT2D eigenvalue weighted by Gasteiger charge is 2.08. The zero-order valence-corrected chi connectivity index (χ0v) is 13.3. The molecule has 0 atom stereocenters. The van der Waals surface area contributed by atoms with Gasteiger partial charge in [-0.3, -0.25) is 4.79 Å². The Morgan fingerprint density at radius 1 is 1.35 bits per heavy atom. The molecule has 2 aromatic rings. The third kappa shape index (κ3) is 3.28. The van der Waals surface area contributed by atoms with E-state index >= 15 is 0 Å². The fraction of sp³-hybridized carbons (Fsp3) is 0.333. The summed E-state index contributed by atoms with van der Waals surface area (Å²) in [6.45, 7) is 5.40. The highest BCUT2D eigenvalue weighted by atomic mass is 79.9. The number of nitrogens with zero attached hydrogens (tertiary/aromatic N) is 2. The molecule has 106 valence electrons. The van der Waals surface area contributed by atoms with Crippen LogP contribution in [-0.2, 0) is 13.1 Å². The van der Waals surface area contributed by atoms with Crippen LogP contribution in [0.4, 0.5) is 5.69 Å². The van der Waals surface area contributed by atoms with Crippen LogP contribution in [0.5, 0.6) is 0 Å². The molecule has 0 bridgehead atoms. The summed E-state index contributed by atoms with van der Waals surface area (Å²) in [7, 11) is 0. The molecule has 1 heterocycles. The first-order valence-corrected chi connectivity index (χ1v) is 7.46. The van der Waals surface area contributed by atoms with Crippen molar-refractivity contribution in [1.82, 2.24) is 9.78 Å². The van der Waals surface area contributed by atoms with E-state index in [-0.39, 0.29) is 5.56 Å². The van der Waals surface area contributed by atoms with Gasteiger partial charge in [-0.1, -0.05) is 31.2 Å². The second kappa shape index (κ2) is 6.70. The van der Waals surface area contributed by atoms with Crippen molar-refractivity contribution in [2.45, 2.75) is 33.4 Å². The highest BCUT2D eigenvalue weighted by Crippen LogP contribution is 2.18. The van der Waals surface area contributed by atoms with E-state index in [4.69, 9.17) is 0 Å². The molecule has 0 saturated heterocycles. The van der Waals surface area contributed by atoms with E-state index < -0.39 is 0 Å². The van der Waals surface area contributed by atoms with Gasteiger partial charge in [0.2, 0.25) is 0 Å². The van der Waals surface area contributed by atoms with Crippen molar-refractivity contribution in [2.75, 3.05) is 5.32 Å². The molecule has 20 heavy (non-hydrogen) atoms. The minimum Gasteiger partial charge on any atom is -0.379 e. The molecule has 0 fully saturated rings. The number of nitrogens with one attached hydrogen (secondary N) is 1. The van der Waals surface area contributed by atoms with E-state index in [1.165, 1.54) is 15.8 Å². The van der Waals surface area contributed by atoms with E-state index in [0.717, 1.165) is 12.1 Å². The van der Waals surface area contributed by atoms with Crippen LogP contribution in [-0.4, -0.2) is 9.78 Å². The van der Waals surface area contributed by atoms with Gasteiger partial charge in [0.15, 0.2) is 0 Å². The van der Waals surface area contributed by atoms with Gasteiger partial charge in [-0.2, -0.15) is 5.10 Å². The number of halogens is 1.